The fourth-order valence-corrected chi connectivity index (χ4v) is 1.84. The summed E-state index contributed by atoms with van der Waals surface area (Å²) in [7, 11) is 0. The summed E-state index contributed by atoms with van der Waals surface area (Å²) >= 11 is 0. The minimum atomic E-state index is -0.413. The second-order valence-corrected chi connectivity index (χ2v) is 3.99. The van der Waals surface area contributed by atoms with Crippen molar-refractivity contribution in [2.75, 3.05) is 5.73 Å². The molecule has 0 amide bonds. The van der Waals surface area contributed by atoms with Gasteiger partial charge >= 0.3 is 0 Å². The van der Waals surface area contributed by atoms with E-state index in [4.69, 9.17) is 10.3 Å². The SMILES string of the molecule is CCc1c(N)noc1-c1ccc(C)c([N+](=O)[O-])c1. The van der Waals surface area contributed by atoms with Crippen LogP contribution in [0, 0.1) is 17.0 Å². The molecule has 6 heteroatoms. The highest BCUT2D eigenvalue weighted by atomic mass is 16.6. The van der Waals surface area contributed by atoms with Crippen LogP contribution in [0.5, 0.6) is 0 Å². The number of nitrogen functional groups attached to an aromatic ring is 1. The topological polar surface area (TPSA) is 95.2 Å². The first-order valence-corrected chi connectivity index (χ1v) is 5.54. The summed E-state index contributed by atoms with van der Waals surface area (Å²) in [6.45, 7) is 3.62. The second-order valence-electron chi connectivity index (χ2n) is 3.99. The highest BCUT2D eigenvalue weighted by Gasteiger charge is 2.18. The first-order chi connectivity index (χ1) is 8.54. The maximum atomic E-state index is 10.9. The lowest BCUT2D eigenvalue weighted by atomic mass is 10.0. The normalized spacial score (nSPS) is 10.6. The third kappa shape index (κ3) is 1.92. The maximum Gasteiger partial charge on any atom is 0.273 e. The molecule has 2 N–H and O–H groups in total. The minimum absolute atomic E-state index is 0.0597. The lowest BCUT2D eigenvalue weighted by molar-refractivity contribution is -0.385. The van der Waals surface area contributed by atoms with Gasteiger partial charge in [-0.05, 0) is 13.3 Å². The molecular formula is C12H13N3O3. The van der Waals surface area contributed by atoms with Gasteiger partial charge in [0.15, 0.2) is 11.6 Å². The smallest absolute Gasteiger partial charge is 0.273 e. The summed E-state index contributed by atoms with van der Waals surface area (Å²) in [5.74, 6) is 0.828. The molecule has 6 nitrogen and oxygen atoms in total. The Bertz CT molecular complexity index is 605. The van der Waals surface area contributed by atoms with Gasteiger partial charge in [-0.2, -0.15) is 0 Å². The van der Waals surface area contributed by atoms with Crippen LogP contribution in [0.25, 0.3) is 11.3 Å². The van der Waals surface area contributed by atoms with E-state index >= 15 is 0 Å². The highest BCUT2D eigenvalue weighted by Crippen LogP contribution is 2.31. The Labute approximate surface area is 104 Å². The summed E-state index contributed by atoms with van der Waals surface area (Å²) in [4.78, 5) is 10.5. The van der Waals surface area contributed by atoms with Crippen molar-refractivity contribution in [3.05, 3.63) is 39.4 Å². The summed E-state index contributed by atoms with van der Waals surface area (Å²) in [6, 6.07) is 4.93. The number of hydrogen-bond donors (Lipinski definition) is 1. The first kappa shape index (κ1) is 12.1. The zero-order valence-electron chi connectivity index (χ0n) is 10.1. The Hall–Kier alpha value is -2.37. The third-order valence-corrected chi connectivity index (χ3v) is 2.84. The van der Waals surface area contributed by atoms with Gasteiger partial charge in [-0.1, -0.05) is 24.2 Å². The number of rotatable bonds is 3. The lowest BCUT2D eigenvalue weighted by Gasteiger charge is -2.01. The van der Waals surface area contributed by atoms with Crippen LogP contribution in [0.2, 0.25) is 0 Å². The first-order valence-electron chi connectivity index (χ1n) is 5.54. The number of aromatic nitrogens is 1. The van der Waals surface area contributed by atoms with Gasteiger partial charge in [0.05, 0.1) is 4.92 Å². The maximum absolute atomic E-state index is 10.9. The number of nitrogens with two attached hydrogens (primary N) is 1. The molecule has 18 heavy (non-hydrogen) atoms. The Morgan fingerprint density at radius 1 is 1.50 bits per heavy atom. The van der Waals surface area contributed by atoms with Gasteiger partial charge in [0.2, 0.25) is 0 Å². The van der Waals surface area contributed by atoms with Crippen molar-refractivity contribution in [1.29, 1.82) is 0 Å². The molecule has 0 spiro atoms. The van der Waals surface area contributed by atoms with Crippen molar-refractivity contribution >= 4 is 11.5 Å². The average molecular weight is 247 g/mol. The highest BCUT2D eigenvalue weighted by molar-refractivity contribution is 5.69. The van der Waals surface area contributed by atoms with Gasteiger partial charge in [0, 0.05) is 22.8 Å². The van der Waals surface area contributed by atoms with E-state index in [-0.39, 0.29) is 5.69 Å². The quantitative estimate of drug-likeness (QED) is 0.664. The number of aryl methyl sites for hydroxylation is 1. The van der Waals surface area contributed by atoms with Crippen molar-refractivity contribution < 1.29 is 9.45 Å². The molecule has 0 atom stereocenters. The second kappa shape index (κ2) is 4.48. The fraction of sp³-hybridized carbons (Fsp3) is 0.250. The van der Waals surface area contributed by atoms with Crippen LogP contribution < -0.4 is 5.73 Å². The number of benzene rings is 1. The molecule has 0 saturated heterocycles. The lowest BCUT2D eigenvalue weighted by Crippen LogP contribution is -1.94. The number of hydrogen-bond acceptors (Lipinski definition) is 5. The molecule has 1 aromatic carbocycles. The summed E-state index contributed by atoms with van der Waals surface area (Å²) in [5.41, 5.74) is 7.73. The van der Waals surface area contributed by atoms with Crippen LogP contribution in [-0.2, 0) is 6.42 Å². The molecule has 0 unspecified atom stereocenters. The van der Waals surface area contributed by atoms with Gasteiger partial charge in [-0.3, -0.25) is 10.1 Å². The average Bonchev–Trinajstić information content (AvgIpc) is 2.70. The van der Waals surface area contributed by atoms with Crippen molar-refractivity contribution in [3.63, 3.8) is 0 Å². The molecule has 1 aromatic heterocycles. The van der Waals surface area contributed by atoms with Gasteiger partial charge in [-0.15, -0.1) is 0 Å². The number of nitro benzene ring substituents is 1. The van der Waals surface area contributed by atoms with Crippen LogP contribution >= 0.6 is 0 Å². The van der Waals surface area contributed by atoms with Crippen LogP contribution in [0.1, 0.15) is 18.1 Å². The minimum Gasteiger partial charge on any atom is -0.381 e. The van der Waals surface area contributed by atoms with E-state index in [9.17, 15) is 10.1 Å². The zero-order valence-corrected chi connectivity index (χ0v) is 10.1. The van der Waals surface area contributed by atoms with Crippen molar-refractivity contribution in [1.82, 2.24) is 5.16 Å². The molecule has 0 radical (unpaired) electrons. The van der Waals surface area contributed by atoms with E-state index < -0.39 is 4.92 Å². The Morgan fingerprint density at radius 2 is 2.22 bits per heavy atom. The summed E-state index contributed by atoms with van der Waals surface area (Å²) in [5, 5.41) is 14.6. The monoisotopic (exact) mass is 247 g/mol. The Morgan fingerprint density at radius 3 is 2.83 bits per heavy atom. The predicted molar refractivity (Wildman–Crippen MR) is 67.1 cm³/mol. The predicted octanol–water partition coefficient (Wildman–Crippen LogP) is 2.70. The van der Waals surface area contributed by atoms with Crippen LogP contribution in [0.15, 0.2) is 22.7 Å². The van der Waals surface area contributed by atoms with Crippen LogP contribution in [0.4, 0.5) is 11.5 Å². The number of anilines is 1. The molecule has 94 valence electrons. The van der Waals surface area contributed by atoms with Gasteiger partial charge in [0.25, 0.3) is 5.69 Å². The van der Waals surface area contributed by atoms with Crippen LogP contribution in [-0.4, -0.2) is 10.1 Å². The third-order valence-electron chi connectivity index (χ3n) is 2.84. The molecule has 0 aliphatic rings. The van der Waals surface area contributed by atoms with E-state index in [0.717, 1.165) is 5.56 Å². The molecule has 0 bridgehead atoms. The fourth-order valence-electron chi connectivity index (χ4n) is 1.84. The Kier molecular flexibility index (Phi) is 3.01. The van der Waals surface area contributed by atoms with E-state index in [0.29, 0.717) is 29.1 Å². The number of nitro groups is 1. The standard InChI is InChI=1S/C12H13N3O3/c1-3-9-11(18-14-12(9)13)8-5-4-7(2)10(6-8)15(16)17/h4-6H,3H2,1-2H3,(H2,13,14). The summed E-state index contributed by atoms with van der Waals surface area (Å²) in [6.07, 6.45) is 0.659. The van der Waals surface area contributed by atoms with Gasteiger partial charge in [0.1, 0.15) is 0 Å². The molecule has 2 rings (SSSR count). The van der Waals surface area contributed by atoms with E-state index in [1.54, 1.807) is 19.1 Å². The van der Waals surface area contributed by atoms with Crippen LogP contribution in [0.3, 0.4) is 0 Å². The van der Waals surface area contributed by atoms with Crippen molar-refractivity contribution in [3.8, 4) is 11.3 Å². The van der Waals surface area contributed by atoms with Crippen molar-refractivity contribution in [2.45, 2.75) is 20.3 Å². The van der Waals surface area contributed by atoms with Crippen molar-refractivity contribution in [2.24, 2.45) is 0 Å². The summed E-state index contributed by atoms with van der Waals surface area (Å²) < 4.78 is 5.15. The molecule has 0 fully saturated rings. The number of nitrogens with zero attached hydrogens (tertiary/aromatic N) is 2. The van der Waals surface area contributed by atoms with Gasteiger partial charge < -0.3 is 10.3 Å². The Balaban J connectivity index is 2.57. The molecule has 0 aliphatic heterocycles. The zero-order chi connectivity index (χ0) is 13.3. The molecule has 0 aliphatic carbocycles. The van der Waals surface area contributed by atoms with Gasteiger partial charge in [-0.25, -0.2) is 0 Å². The molecule has 1 heterocycles. The molecular weight excluding hydrogens is 234 g/mol. The largest absolute Gasteiger partial charge is 0.381 e. The van der Waals surface area contributed by atoms with E-state index in [2.05, 4.69) is 5.16 Å². The molecule has 0 saturated carbocycles. The molecule has 2 aromatic rings. The van der Waals surface area contributed by atoms with E-state index in [1.807, 2.05) is 6.92 Å². The van der Waals surface area contributed by atoms with E-state index in [1.165, 1.54) is 6.07 Å².